The average Bonchev–Trinajstić information content (AvgIpc) is 2.68. The molecule has 0 aromatic carbocycles. The maximum atomic E-state index is 12.5. The van der Waals surface area contributed by atoms with Gasteiger partial charge in [0.15, 0.2) is 0 Å². The molecule has 0 aromatic heterocycles. The molecule has 1 rings (SSSR count). The van der Waals surface area contributed by atoms with Crippen molar-refractivity contribution < 1.29 is 19.5 Å². The Morgan fingerprint density at radius 1 is 1.14 bits per heavy atom. The van der Waals surface area contributed by atoms with E-state index in [4.69, 9.17) is 0 Å². The van der Waals surface area contributed by atoms with Crippen LogP contribution in [0.3, 0.4) is 0 Å². The second-order valence-corrected chi connectivity index (χ2v) is 6.06. The standard InChI is InChI=1S/C17H27NO4/c1-5-7-8-9-10-13-12(4)15(19)18(16(13)20)14(17(21)22)11(3)6-2/h11,14H,5-10H2,1-4H3,(H,21,22)/t11-,14+/m1/s1. The fourth-order valence-electron chi connectivity index (χ4n) is 2.81. The van der Waals surface area contributed by atoms with E-state index in [0.717, 1.165) is 30.6 Å². The fourth-order valence-corrected chi connectivity index (χ4v) is 2.81. The number of unbranched alkanes of at least 4 members (excludes halogenated alkanes) is 3. The molecule has 0 aliphatic carbocycles. The maximum absolute atomic E-state index is 12.5. The summed E-state index contributed by atoms with van der Waals surface area (Å²) in [4.78, 5) is 37.4. The predicted molar refractivity (Wildman–Crippen MR) is 84.2 cm³/mol. The van der Waals surface area contributed by atoms with Crippen LogP contribution in [0.5, 0.6) is 0 Å². The number of aliphatic carboxylic acids is 1. The Bertz CT molecular complexity index is 481. The van der Waals surface area contributed by atoms with E-state index < -0.39 is 23.8 Å². The first kappa shape index (κ1) is 18.4. The highest BCUT2D eigenvalue weighted by Gasteiger charge is 2.44. The van der Waals surface area contributed by atoms with E-state index in [9.17, 15) is 19.5 Å². The fraction of sp³-hybridized carbons (Fsp3) is 0.706. The molecule has 1 heterocycles. The summed E-state index contributed by atoms with van der Waals surface area (Å²) in [6.07, 6.45) is 5.23. The summed E-state index contributed by atoms with van der Waals surface area (Å²) in [5, 5.41) is 9.42. The highest BCUT2D eigenvalue weighted by Crippen LogP contribution is 2.29. The van der Waals surface area contributed by atoms with E-state index in [1.807, 2.05) is 6.92 Å². The summed E-state index contributed by atoms with van der Waals surface area (Å²) in [5.74, 6) is -2.23. The van der Waals surface area contributed by atoms with Crippen LogP contribution >= 0.6 is 0 Å². The van der Waals surface area contributed by atoms with Crippen LogP contribution in [0.4, 0.5) is 0 Å². The van der Waals surface area contributed by atoms with Crippen molar-refractivity contribution >= 4 is 17.8 Å². The van der Waals surface area contributed by atoms with E-state index in [0.29, 0.717) is 24.0 Å². The molecule has 0 unspecified atom stereocenters. The lowest BCUT2D eigenvalue weighted by Gasteiger charge is -2.27. The van der Waals surface area contributed by atoms with Crippen LogP contribution in [0.25, 0.3) is 0 Å². The van der Waals surface area contributed by atoms with Gasteiger partial charge in [-0.1, -0.05) is 46.5 Å². The number of carbonyl (C=O) groups excluding carboxylic acids is 2. The topological polar surface area (TPSA) is 74.7 Å². The van der Waals surface area contributed by atoms with Crippen molar-refractivity contribution in [3.63, 3.8) is 0 Å². The number of hydrogen-bond acceptors (Lipinski definition) is 3. The first-order valence-corrected chi connectivity index (χ1v) is 8.17. The lowest BCUT2D eigenvalue weighted by molar-refractivity contribution is -0.156. The molecular weight excluding hydrogens is 282 g/mol. The van der Waals surface area contributed by atoms with Crippen LogP contribution in [-0.4, -0.2) is 33.8 Å². The summed E-state index contributed by atoms with van der Waals surface area (Å²) >= 11 is 0. The van der Waals surface area contributed by atoms with Crippen LogP contribution in [0.2, 0.25) is 0 Å². The quantitative estimate of drug-likeness (QED) is 0.524. The van der Waals surface area contributed by atoms with Gasteiger partial charge in [0, 0.05) is 11.1 Å². The molecule has 5 heteroatoms. The van der Waals surface area contributed by atoms with E-state index in [2.05, 4.69) is 6.92 Å². The number of carboxylic acids is 1. The van der Waals surface area contributed by atoms with E-state index in [1.54, 1.807) is 13.8 Å². The Labute approximate surface area is 132 Å². The normalized spacial score (nSPS) is 18.1. The second kappa shape index (κ2) is 8.11. The van der Waals surface area contributed by atoms with Gasteiger partial charge in [-0.2, -0.15) is 0 Å². The molecule has 2 amide bonds. The number of nitrogens with zero attached hydrogens (tertiary/aromatic N) is 1. The molecule has 1 aliphatic heterocycles. The van der Waals surface area contributed by atoms with Gasteiger partial charge in [-0.25, -0.2) is 4.79 Å². The predicted octanol–water partition coefficient (Wildman–Crippen LogP) is 3.14. The Morgan fingerprint density at radius 3 is 2.27 bits per heavy atom. The van der Waals surface area contributed by atoms with Crippen molar-refractivity contribution in [1.29, 1.82) is 0 Å². The van der Waals surface area contributed by atoms with Crippen molar-refractivity contribution in [3.8, 4) is 0 Å². The molecule has 0 fully saturated rings. The zero-order valence-electron chi connectivity index (χ0n) is 14.0. The number of amides is 2. The molecule has 1 aliphatic rings. The molecule has 0 saturated heterocycles. The zero-order valence-corrected chi connectivity index (χ0v) is 14.0. The number of hydrogen-bond donors (Lipinski definition) is 1. The zero-order chi connectivity index (χ0) is 16.9. The third-order valence-corrected chi connectivity index (χ3v) is 4.46. The van der Waals surface area contributed by atoms with Crippen molar-refractivity contribution in [1.82, 2.24) is 4.90 Å². The monoisotopic (exact) mass is 309 g/mol. The molecule has 0 aromatic rings. The highest BCUT2D eigenvalue weighted by atomic mass is 16.4. The minimum atomic E-state index is -1.11. The lowest BCUT2D eigenvalue weighted by Crippen LogP contribution is -2.49. The molecule has 1 N–H and O–H groups in total. The Kier molecular flexibility index (Phi) is 6.78. The molecule has 5 nitrogen and oxygen atoms in total. The van der Waals surface area contributed by atoms with Gasteiger partial charge < -0.3 is 5.11 Å². The van der Waals surface area contributed by atoms with Crippen molar-refractivity contribution in [2.75, 3.05) is 0 Å². The smallest absolute Gasteiger partial charge is 0.327 e. The SMILES string of the molecule is CCCCCCC1=C(C)C(=O)N([C@H](C(=O)O)[C@H](C)CC)C1=O. The lowest BCUT2D eigenvalue weighted by atomic mass is 9.97. The summed E-state index contributed by atoms with van der Waals surface area (Å²) < 4.78 is 0. The largest absolute Gasteiger partial charge is 0.480 e. The summed E-state index contributed by atoms with van der Waals surface area (Å²) in [6, 6.07) is -1.08. The number of rotatable bonds is 9. The molecule has 0 saturated carbocycles. The van der Waals surface area contributed by atoms with Gasteiger partial charge >= 0.3 is 5.97 Å². The van der Waals surface area contributed by atoms with Crippen LogP contribution in [0.1, 0.15) is 66.2 Å². The molecule has 0 spiro atoms. The van der Waals surface area contributed by atoms with E-state index >= 15 is 0 Å². The minimum Gasteiger partial charge on any atom is -0.480 e. The van der Waals surface area contributed by atoms with Gasteiger partial charge in [-0.15, -0.1) is 0 Å². The minimum absolute atomic E-state index is 0.266. The van der Waals surface area contributed by atoms with Gasteiger partial charge in [0.25, 0.3) is 11.8 Å². The average molecular weight is 309 g/mol. The summed E-state index contributed by atoms with van der Waals surface area (Å²) in [5.41, 5.74) is 0.909. The highest BCUT2D eigenvalue weighted by molar-refractivity contribution is 6.20. The number of carbonyl (C=O) groups is 3. The molecule has 124 valence electrons. The third kappa shape index (κ3) is 3.76. The Hall–Kier alpha value is -1.65. The Balaban J connectivity index is 2.92. The van der Waals surface area contributed by atoms with Crippen LogP contribution in [-0.2, 0) is 14.4 Å². The third-order valence-electron chi connectivity index (χ3n) is 4.46. The molecule has 0 radical (unpaired) electrons. The molecule has 2 atom stereocenters. The van der Waals surface area contributed by atoms with Gasteiger partial charge in [-0.3, -0.25) is 14.5 Å². The van der Waals surface area contributed by atoms with Gasteiger partial charge in [0.05, 0.1) is 0 Å². The van der Waals surface area contributed by atoms with Crippen LogP contribution in [0.15, 0.2) is 11.1 Å². The van der Waals surface area contributed by atoms with Crippen molar-refractivity contribution in [2.24, 2.45) is 5.92 Å². The Morgan fingerprint density at radius 2 is 1.77 bits per heavy atom. The van der Waals surface area contributed by atoms with E-state index in [-0.39, 0.29) is 5.92 Å². The first-order chi connectivity index (χ1) is 10.4. The van der Waals surface area contributed by atoms with Gasteiger partial charge in [-0.05, 0) is 25.7 Å². The van der Waals surface area contributed by atoms with E-state index in [1.165, 1.54) is 0 Å². The summed E-state index contributed by atoms with van der Waals surface area (Å²) in [7, 11) is 0. The number of carboxylic acid groups (broad SMARTS) is 1. The van der Waals surface area contributed by atoms with Gasteiger partial charge in [0.1, 0.15) is 6.04 Å². The molecule has 22 heavy (non-hydrogen) atoms. The summed E-state index contributed by atoms with van der Waals surface area (Å²) in [6.45, 7) is 7.36. The number of imide groups is 1. The maximum Gasteiger partial charge on any atom is 0.327 e. The van der Waals surface area contributed by atoms with Crippen molar-refractivity contribution in [3.05, 3.63) is 11.1 Å². The van der Waals surface area contributed by atoms with Crippen LogP contribution in [0, 0.1) is 5.92 Å². The van der Waals surface area contributed by atoms with Gasteiger partial charge in [0.2, 0.25) is 0 Å². The first-order valence-electron chi connectivity index (χ1n) is 8.17. The van der Waals surface area contributed by atoms with Crippen molar-refractivity contribution in [2.45, 2.75) is 72.3 Å². The van der Waals surface area contributed by atoms with Crippen LogP contribution < -0.4 is 0 Å². The molecular formula is C17H27NO4. The second-order valence-electron chi connectivity index (χ2n) is 6.06. The molecule has 0 bridgehead atoms.